The van der Waals surface area contributed by atoms with Crippen molar-refractivity contribution in [3.05, 3.63) is 42.4 Å². The number of carbonyl (C=O) groups excluding carboxylic acids is 1. The molecule has 0 N–H and O–H groups in total. The quantitative estimate of drug-likeness (QED) is 0.547. The first-order valence-corrected chi connectivity index (χ1v) is 10.8. The van der Waals surface area contributed by atoms with Crippen LogP contribution < -0.4 is 4.74 Å². The van der Waals surface area contributed by atoms with Crippen LogP contribution in [0.15, 0.2) is 46.2 Å². The summed E-state index contributed by atoms with van der Waals surface area (Å²) >= 11 is 1.41. The van der Waals surface area contributed by atoms with Gasteiger partial charge in [0, 0.05) is 13.1 Å². The fourth-order valence-electron chi connectivity index (χ4n) is 3.43. The molecule has 8 heteroatoms. The number of aryl methyl sites for hydroxylation is 1. The highest BCUT2D eigenvalue weighted by Crippen LogP contribution is 2.31. The van der Waals surface area contributed by atoms with Crippen LogP contribution in [0.1, 0.15) is 25.5 Å². The van der Waals surface area contributed by atoms with Crippen molar-refractivity contribution in [1.82, 2.24) is 19.7 Å². The largest absolute Gasteiger partial charge is 0.494 e. The molecule has 1 saturated heterocycles. The molecule has 152 valence electrons. The van der Waals surface area contributed by atoms with Gasteiger partial charge in [0.15, 0.2) is 11.0 Å². The molecule has 0 atom stereocenters. The number of likely N-dealkylation sites (tertiary alicyclic amines) is 1. The van der Waals surface area contributed by atoms with Crippen LogP contribution in [0, 0.1) is 6.92 Å². The zero-order valence-corrected chi connectivity index (χ0v) is 17.4. The minimum Gasteiger partial charge on any atom is -0.494 e. The minimum absolute atomic E-state index is 0.148. The zero-order valence-electron chi connectivity index (χ0n) is 16.6. The third kappa shape index (κ3) is 4.17. The van der Waals surface area contributed by atoms with Gasteiger partial charge in [0.25, 0.3) is 0 Å². The summed E-state index contributed by atoms with van der Waals surface area (Å²) in [5.74, 6) is 2.77. The van der Waals surface area contributed by atoms with Crippen molar-refractivity contribution in [2.75, 3.05) is 25.4 Å². The fourth-order valence-corrected chi connectivity index (χ4v) is 4.28. The second kappa shape index (κ2) is 8.73. The molecule has 0 aliphatic carbocycles. The molecule has 0 bridgehead atoms. The molecule has 7 nitrogen and oxygen atoms in total. The van der Waals surface area contributed by atoms with Gasteiger partial charge >= 0.3 is 0 Å². The van der Waals surface area contributed by atoms with E-state index in [-0.39, 0.29) is 5.91 Å². The van der Waals surface area contributed by atoms with Gasteiger partial charge in [-0.2, -0.15) is 0 Å². The number of hydrogen-bond donors (Lipinski definition) is 0. The second-order valence-corrected chi connectivity index (χ2v) is 7.78. The van der Waals surface area contributed by atoms with Crippen molar-refractivity contribution in [2.45, 2.75) is 31.8 Å². The molecule has 3 aromatic rings. The van der Waals surface area contributed by atoms with Crippen LogP contribution in [-0.4, -0.2) is 51.0 Å². The molecule has 0 radical (unpaired) electrons. The van der Waals surface area contributed by atoms with E-state index in [1.807, 2.05) is 53.6 Å². The Morgan fingerprint density at radius 3 is 2.59 bits per heavy atom. The Morgan fingerprint density at radius 2 is 1.93 bits per heavy atom. The van der Waals surface area contributed by atoms with E-state index in [0.29, 0.717) is 23.3 Å². The highest BCUT2D eigenvalue weighted by Gasteiger charge is 2.22. The molecule has 0 saturated carbocycles. The van der Waals surface area contributed by atoms with Gasteiger partial charge in [-0.25, -0.2) is 0 Å². The van der Waals surface area contributed by atoms with Gasteiger partial charge in [0.1, 0.15) is 11.5 Å². The minimum atomic E-state index is 0.148. The van der Waals surface area contributed by atoms with Gasteiger partial charge in [0.2, 0.25) is 5.91 Å². The molecule has 1 fully saturated rings. The maximum Gasteiger partial charge on any atom is 0.233 e. The number of ether oxygens (including phenoxy) is 1. The summed E-state index contributed by atoms with van der Waals surface area (Å²) in [5, 5.41) is 9.46. The number of nitrogens with zero attached hydrogens (tertiary/aromatic N) is 4. The summed E-state index contributed by atoms with van der Waals surface area (Å²) < 4.78 is 13.0. The van der Waals surface area contributed by atoms with E-state index in [1.165, 1.54) is 11.8 Å². The number of aromatic nitrogens is 3. The number of hydrogen-bond acceptors (Lipinski definition) is 6. The SMILES string of the molecule is CCOc1ccc(-n2c(SCC(=O)N3CCCC3)nnc2-c2ccoc2C)cc1. The number of rotatable bonds is 7. The molecule has 2 aromatic heterocycles. The summed E-state index contributed by atoms with van der Waals surface area (Å²) in [6, 6.07) is 9.68. The topological polar surface area (TPSA) is 73.4 Å². The lowest BCUT2D eigenvalue weighted by Gasteiger charge is -2.15. The van der Waals surface area contributed by atoms with Crippen LogP contribution in [0.25, 0.3) is 17.1 Å². The van der Waals surface area contributed by atoms with E-state index in [4.69, 9.17) is 9.15 Å². The number of amides is 1. The first-order chi connectivity index (χ1) is 14.2. The van der Waals surface area contributed by atoms with E-state index in [9.17, 15) is 4.79 Å². The summed E-state index contributed by atoms with van der Waals surface area (Å²) in [6.07, 6.45) is 3.82. The lowest BCUT2D eigenvalue weighted by Crippen LogP contribution is -2.29. The summed E-state index contributed by atoms with van der Waals surface area (Å²) in [6.45, 7) is 6.18. The van der Waals surface area contributed by atoms with Crippen LogP contribution >= 0.6 is 11.8 Å². The Morgan fingerprint density at radius 1 is 1.17 bits per heavy atom. The van der Waals surface area contributed by atoms with Crippen molar-refractivity contribution in [2.24, 2.45) is 0 Å². The molecule has 1 aliphatic heterocycles. The van der Waals surface area contributed by atoms with Crippen LogP contribution in [-0.2, 0) is 4.79 Å². The highest BCUT2D eigenvalue weighted by molar-refractivity contribution is 7.99. The van der Waals surface area contributed by atoms with Gasteiger partial charge < -0.3 is 14.1 Å². The normalized spacial score (nSPS) is 13.8. The predicted octanol–water partition coefficient (Wildman–Crippen LogP) is 3.95. The highest BCUT2D eigenvalue weighted by atomic mass is 32.2. The van der Waals surface area contributed by atoms with Crippen LogP contribution in [0.5, 0.6) is 5.75 Å². The molecule has 0 spiro atoms. The standard InChI is InChI=1S/C21H24N4O3S/c1-3-27-17-8-6-16(7-9-17)25-20(18-10-13-28-15(18)2)22-23-21(25)29-14-19(26)24-11-4-5-12-24/h6-10,13H,3-5,11-12,14H2,1-2H3. The van der Waals surface area contributed by atoms with Crippen molar-refractivity contribution in [3.63, 3.8) is 0 Å². The molecule has 1 amide bonds. The molecular weight excluding hydrogens is 388 g/mol. The number of benzene rings is 1. The fraction of sp³-hybridized carbons (Fsp3) is 0.381. The molecule has 4 rings (SSSR count). The number of carbonyl (C=O) groups is 1. The first kappa shape index (κ1) is 19.6. The molecule has 0 unspecified atom stereocenters. The molecule has 3 heterocycles. The first-order valence-electron chi connectivity index (χ1n) is 9.81. The van der Waals surface area contributed by atoms with Gasteiger partial charge in [-0.15, -0.1) is 10.2 Å². The Labute approximate surface area is 174 Å². The van der Waals surface area contributed by atoms with E-state index in [0.717, 1.165) is 48.7 Å². The van der Waals surface area contributed by atoms with Crippen molar-refractivity contribution < 1.29 is 13.9 Å². The Hall–Kier alpha value is -2.74. The number of thioether (sulfide) groups is 1. The van der Waals surface area contributed by atoms with Gasteiger partial charge in [0.05, 0.1) is 29.9 Å². The maximum atomic E-state index is 12.5. The Balaban J connectivity index is 1.65. The van der Waals surface area contributed by atoms with Crippen molar-refractivity contribution >= 4 is 17.7 Å². The van der Waals surface area contributed by atoms with Gasteiger partial charge in [-0.05, 0) is 57.0 Å². The third-order valence-corrected chi connectivity index (χ3v) is 5.84. The molecule has 1 aromatic carbocycles. The third-order valence-electron chi connectivity index (χ3n) is 4.92. The number of furan rings is 1. The van der Waals surface area contributed by atoms with Crippen molar-refractivity contribution in [3.8, 4) is 22.8 Å². The molecule has 1 aliphatic rings. The smallest absolute Gasteiger partial charge is 0.233 e. The summed E-state index contributed by atoms with van der Waals surface area (Å²) in [5.41, 5.74) is 1.79. The monoisotopic (exact) mass is 412 g/mol. The van der Waals surface area contributed by atoms with Gasteiger partial charge in [-0.1, -0.05) is 11.8 Å². The summed E-state index contributed by atoms with van der Waals surface area (Å²) in [7, 11) is 0. The lowest BCUT2D eigenvalue weighted by atomic mass is 10.2. The van der Waals surface area contributed by atoms with Gasteiger partial charge in [-0.3, -0.25) is 9.36 Å². The Bertz CT molecular complexity index is 974. The maximum absolute atomic E-state index is 12.5. The van der Waals surface area contributed by atoms with E-state index in [2.05, 4.69) is 10.2 Å². The van der Waals surface area contributed by atoms with E-state index < -0.39 is 0 Å². The predicted molar refractivity (Wildman–Crippen MR) is 112 cm³/mol. The lowest BCUT2D eigenvalue weighted by molar-refractivity contribution is -0.127. The van der Waals surface area contributed by atoms with Crippen LogP contribution in [0.4, 0.5) is 0 Å². The average molecular weight is 413 g/mol. The van der Waals surface area contributed by atoms with Crippen molar-refractivity contribution in [1.29, 1.82) is 0 Å². The van der Waals surface area contributed by atoms with E-state index >= 15 is 0 Å². The zero-order chi connectivity index (χ0) is 20.2. The second-order valence-electron chi connectivity index (χ2n) is 6.84. The van der Waals surface area contributed by atoms with Crippen LogP contribution in [0.3, 0.4) is 0 Å². The molecule has 29 heavy (non-hydrogen) atoms. The molecular formula is C21H24N4O3S. The summed E-state index contributed by atoms with van der Waals surface area (Å²) in [4.78, 5) is 14.4. The van der Waals surface area contributed by atoms with E-state index in [1.54, 1.807) is 6.26 Å². The Kier molecular flexibility index (Phi) is 5.89. The average Bonchev–Trinajstić information content (AvgIpc) is 3.48. The van der Waals surface area contributed by atoms with Crippen LogP contribution in [0.2, 0.25) is 0 Å².